The van der Waals surface area contributed by atoms with Crippen LogP contribution < -0.4 is 20.7 Å². The van der Waals surface area contributed by atoms with Crippen LogP contribution in [-0.4, -0.2) is 29.9 Å². The Labute approximate surface area is 184 Å². The molecule has 31 heavy (non-hydrogen) atoms. The van der Waals surface area contributed by atoms with E-state index in [0.29, 0.717) is 29.2 Å². The van der Waals surface area contributed by atoms with Gasteiger partial charge in [-0.15, -0.1) is 11.3 Å². The fourth-order valence-electron chi connectivity index (χ4n) is 3.59. The van der Waals surface area contributed by atoms with Crippen LogP contribution in [0.3, 0.4) is 0 Å². The minimum absolute atomic E-state index is 0.279. The molecular weight excluding hydrogens is 412 g/mol. The van der Waals surface area contributed by atoms with E-state index in [2.05, 4.69) is 15.2 Å². The van der Waals surface area contributed by atoms with Crippen molar-refractivity contribution < 1.29 is 14.3 Å². The van der Waals surface area contributed by atoms with Crippen LogP contribution in [0.5, 0.6) is 5.75 Å². The first kappa shape index (κ1) is 20.9. The van der Waals surface area contributed by atoms with Gasteiger partial charge in [0, 0.05) is 29.6 Å². The monoisotopic (exact) mass is 436 g/mol. The molecule has 1 aliphatic rings. The number of piperidine rings is 1. The second-order valence-electron chi connectivity index (χ2n) is 7.39. The third kappa shape index (κ3) is 5.21. The molecule has 1 fully saturated rings. The van der Waals surface area contributed by atoms with Crippen LogP contribution in [0.1, 0.15) is 45.7 Å². The number of carbonyl (C=O) groups excluding carboxylic acids is 2. The zero-order valence-electron chi connectivity index (χ0n) is 17.0. The molecule has 160 valence electrons. The molecule has 1 aliphatic heterocycles. The van der Waals surface area contributed by atoms with Gasteiger partial charge in [0.2, 0.25) is 5.91 Å². The Morgan fingerprint density at radius 1 is 1.10 bits per heavy atom. The Bertz CT molecular complexity index is 1060. The summed E-state index contributed by atoms with van der Waals surface area (Å²) in [7, 11) is 0. The Kier molecular flexibility index (Phi) is 6.47. The van der Waals surface area contributed by atoms with Crippen molar-refractivity contribution in [3.63, 3.8) is 0 Å². The van der Waals surface area contributed by atoms with Gasteiger partial charge in [-0.3, -0.25) is 9.59 Å². The van der Waals surface area contributed by atoms with Gasteiger partial charge >= 0.3 is 0 Å². The van der Waals surface area contributed by atoms with Gasteiger partial charge in [0.15, 0.2) is 0 Å². The van der Waals surface area contributed by atoms with Gasteiger partial charge in [-0.05, 0) is 55.7 Å². The Morgan fingerprint density at radius 3 is 2.68 bits per heavy atom. The molecule has 7 nitrogen and oxygen atoms in total. The fourth-order valence-corrected chi connectivity index (χ4v) is 4.13. The van der Waals surface area contributed by atoms with E-state index in [0.717, 1.165) is 37.3 Å². The average Bonchev–Trinajstić information content (AvgIpc) is 3.32. The molecule has 1 saturated heterocycles. The third-order valence-electron chi connectivity index (χ3n) is 5.19. The predicted molar refractivity (Wildman–Crippen MR) is 122 cm³/mol. The number of aromatic nitrogens is 1. The number of rotatable bonds is 7. The van der Waals surface area contributed by atoms with E-state index in [1.54, 1.807) is 41.9 Å². The summed E-state index contributed by atoms with van der Waals surface area (Å²) < 4.78 is 5.76. The topological polar surface area (TPSA) is 97.6 Å². The molecule has 4 rings (SSSR count). The van der Waals surface area contributed by atoms with Gasteiger partial charge in [-0.1, -0.05) is 6.07 Å². The maximum atomic E-state index is 13.0. The van der Waals surface area contributed by atoms with Gasteiger partial charge in [0.1, 0.15) is 12.4 Å². The van der Waals surface area contributed by atoms with E-state index in [-0.39, 0.29) is 5.91 Å². The molecule has 3 aromatic rings. The third-order valence-corrected chi connectivity index (χ3v) is 5.83. The number of anilines is 2. The molecule has 2 heterocycles. The molecule has 3 N–H and O–H groups in total. The largest absolute Gasteiger partial charge is 0.487 e. The summed E-state index contributed by atoms with van der Waals surface area (Å²) in [6, 6.07) is 12.2. The molecule has 0 unspecified atom stereocenters. The second-order valence-corrected chi connectivity index (χ2v) is 8.11. The Morgan fingerprint density at radius 2 is 1.94 bits per heavy atom. The first-order valence-electron chi connectivity index (χ1n) is 10.2. The van der Waals surface area contributed by atoms with Crippen LogP contribution in [0.4, 0.5) is 11.4 Å². The zero-order valence-corrected chi connectivity index (χ0v) is 17.9. The number of ether oxygens (including phenoxy) is 1. The number of nitrogens with one attached hydrogen (secondary N) is 1. The normalized spacial score (nSPS) is 13.6. The van der Waals surface area contributed by atoms with Crippen molar-refractivity contribution in [1.82, 2.24) is 4.98 Å². The maximum absolute atomic E-state index is 13.0. The number of benzene rings is 2. The van der Waals surface area contributed by atoms with E-state index < -0.39 is 5.91 Å². The minimum Gasteiger partial charge on any atom is -0.487 e. The molecule has 0 bridgehead atoms. The van der Waals surface area contributed by atoms with Crippen molar-refractivity contribution in [2.45, 2.75) is 25.9 Å². The lowest BCUT2D eigenvalue weighted by molar-refractivity contribution is 0.0996. The van der Waals surface area contributed by atoms with Gasteiger partial charge in [0.05, 0.1) is 22.6 Å². The number of thiazole rings is 1. The highest BCUT2D eigenvalue weighted by Gasteiger charge is 2.18. The average molecular weight is 437 g/mol. The lowest BCUT2D eigenvalue weighted by atomic mass is 10.1. The van der Waals surface area contributed by atoms with E-state index in [9.17, 15) is 9.59 Å². The van der Waals surface area contributed by atoms with Crippen LogP contribution in [0.15, 0.2) is 53.4 Å². The summed E-state index contributed by atoms with van der Waals surface area (Å²) >= 11 is 1.51. The summed E-state index contributed by atoms with van der Waals surface area (Å²) in [5.74, 6) is -0.222. The van der Waals surface area contributed by atoms with Crippen molar-refractivity contribution >= 4 is 34.5 Å². The number of amides is 2. The van der Waals surface area contributed by atoms with Crippen LogP contribution >= 0.6 is 11.3 Å². The highest BCUT2D eigenvalue weighted by Crippen LogP contribution is 2.30. The maximum Gasteiger partial charge on any atom is 0.255 e. The predicted octanol–water partition coefficient (Wildman–Crippen LogP) is 4.06. The molecular formula is C23H24N4O3S. The molecule has 1 aromatic heterocycles. The Hall–Kier alpha value is -3.39. The van der Waals surface area contributed by atoms with Crippen LogP contribution in [0.25, 0.3) is 0 Å². The fraction of sp³-hybridized carbons (Fsp3) is 0.261. The van der Waals surface area contributed by atoms with Crippen LogP contribution in [-0.2, 0) is 6.61 Å². The van der Waals surface area contributed by atoms with Gasteiger partial charge in [0.25, 0.3) is 5.91 Å². The van der Waals surface area contributed by atoms with Crippen molar-refractivity contribution in [3.05, 3.63) is 70.2 Å². The van der Waals surface area contributed by atoms with Crippen molar-refractivity contribution in [2.24, 2.45) is 5.73 Å². The van der Waals surface area contributed by atoms with E-state index in [4.69, 9.17) is 10.5 Å². The van der Waals surface area contributed by atoms with Crippen molar-refractivity contribution in [2.75, 3.05) is 23.3 Å². The van der Waals surface area contributed by atoms with Crippen LogP contribution in [0.2, 0.25) is 0 Å². The van der Waals surface area contributed by atoms with E-state index in [1.165, 1.54) is 17.8 Å². The summed E-state index contributed by atoms with van der Waals surface area (Å²) in [5, 5.41) is 4.88. The van der Waals surface area contributed by atoms with Crippen molar-refractivity contribution in [3.8, 4) is 5.75 Å². The Balaban J connectivity index is 1.53. The summed E-state index contributed by atoms with van der Waals surface area (Å²) in [6.45, 7) is 2.17. The zero-order chi connectivity index (χ0) is 21.6. The van der Waals surface area contributed by atoms with Gasteiger partial charge in [-0.25, -0.2) is 4.98 Å². The number of nitrogens with zero attached hydrogens (tertiary/aromatic N) is 2. The number of nitrogens with two attached hydrogens (primary N) is 1. The summed E-state index contributed by atoms with van der Waals surface area (Å²) in [4.78, 5) is 31.1. The van der Waals surface area contributed by atoms with Gasteiger partial charge in [-0.2, -0.15) is 0 Å². The number of carbonyl (C=O) groups is 2. The standard InChI is InChI=1S/C23H24N4O3S/c24-22(28)16-7-8-21(27-9-2-1-3-10-27)20(12-16)26-23(29)17-5-4-6-19(11-17)30-13-18-14-31-15-25-18/h4-8,11-12,14-15H,1-3,9-10,13H2,(H2,24,28)(H,26,29). The summed E-state index contributed by atoms with van der Waals surface area (Å²) in [5.41, 5.74) is 10.4. The first-order chi connectivity index (χ1) is 15.1. The van der Waals surface area contributed by atoms with Gasteiger partial charge < -0.3 is 20.7 Å². The lowest BCUT2D eigenvalue weighted by Crippen LogP contribution is -2.30. The lowest BCUT2D eigenvalue weighted by Gasteiger charge is -2.30. The SMILES string of the molecule is NC(=O)c1ccc(N2CCCCC2)c(NC(=O)c2cccc(OCc3cscn3)c2)c1. The van der Waals surface area contributed by atoms with E-state index >= 15 is 0 Å². The smallest absolute Gasteiger partial charge is 0.255 e. The molecule has 8 heteroatoms. The number of primary amides is 1. The first-order valence-corrected chi connectivity index (χ1v) is 11.1. The molecule has 0 radical (unpaired) electrons. The summed E-state index contributed by atoms with van der Waals surface area (Å²) in [6.07, 6.45) is 3.40. The quantitative estimate of drug-likeness (QED) is 0.582. The molecule has 2 amide bonds. The van der Waals surface area contributed by atoms with Crippen LogP contribution in [0, 0.1) is 0 Å². The molecule has 0 atom stereocenters. The molecule has 2 aromatic carbocycles. The second kappa shape index (κ2) is 9.61. The van der Waals surface area contributed by atoms with Crippen molar-refractivity contribution in [1.29, 1.82) is 0 Å². The molecule has 0 spiro atoms. The van der Waals surface area contributed by atoms with E-state index in [1.807, 2.05) is 11.4 Å². The molecule has 0 aliphatic carbocycles. The number of hydrogen-bond donors (Lipinski definition) is 2. The highest BCUT2D eigenvalue weighted by molar-refractivity contribution is 7.07. The highest BCUT2D eigenvalue weighted by atomic mass is 32.1. The minimum atomic E-state index is -0.530. The number of hydrogen-bond acceptors (Lipinski definition) is 6. The molecule has 0 saturated carbocycles.